The number of carbonyl (C=O) groups excluding carboxylic acids is 1. The Balaban J connectivity index is 1.36. The van der Waals surface area contributed by atoms with Crippen LogP contribution in [0.15, 0.2) is 42.7 Å². The smallest absolute Gasteiger partial charge is 0.224 e. The van der Waals surface area contributed by atoms with E-state index in [-0.39, 0.29) is 17.9 Å². The zero-order chi connectivity index (χ0) is 14.2. The van der Waals surface area contributed by atoms with Gasteiger partial charge in [0, 0.05) is 37.3 Å². The fraction of sp³-hybridized carbons (Fsp3) is 0.412. The number of fused-ring (bicyclic) bond motifs is 1. The first kappa shape index (κ1) is 12.6. The summed E-state index contributed by atoms with van der Waals surface area (Å²) in [6.07, 6.45) is 6.76. The van der Waals surface area contributed by atoms with Crippen LogP contribution in [-0.2, 0) is 17.8 Å². The fourth-order valence-corrected chi connectivity index (χ4v) is 3.35. The fourth-order valence-electron chi connectivity index (χ4n) is 3.35. The monoisotopic (exact) mass is 281 g/mol. The molecule has 0 saturated heterocycles. The van der Waals surface area contributed by atoms with Crippen LogP contribution < -0.4 is 5.32 Å². The van der Waals surface area contributed by atoms with Gasteiger partial charge in [-0.1, -0.05) is 30.3 Å². The molecule has 1 aliphatic carbocycles. The average Bonchev–Trinajstić information content (AvgIpc) is 3.19. The summed E-state index contributed by atoms with van der Waals surface area (Å²) in [6.45, 7) is 0.851. The van der Waals surface area contributed by atoms with E-state index in [2.05, 4.69) is 27.0 Å². The molecule has 1 fully saturated rings. The van der Waals surface area contributed by atoms with Gasteiger partial charge in [0.05, 0.1) is 0 Å². The summed E-state index contributed by atoms with van der Waals surface area (Å²) < 4.78 is 2.15. The molecule has 4 nitrogen and oxygen atoms in total. The number of aromatic nitrogens is 2. The van der Waals surface area contributed by atoms with Gasteiger partial charge in [-0.3, -0.25) is 4.79 Å². The molecule has 2 aromatic rings. The molecule has 2 aliphatic rings. The maximum atomic E-state index is 12.4. The number of hydrogen-bond acceptors (Lipinski definition) is 2. The Morgan fingerprint density at radius 3 is 3.00 bits per heavy atom. The normalized spacial score (nSPS) is 27.0. The van der Waals surface area contributed by atoms with Crippen LogP contribution in [0.2, 0.25) is 0 Å². The lowest BCUT2D eigenvalue weighted by atomic mass is 10.1. The van der Waals surface area contributed by atoms with Crippen molar-refractivity contribution in [1.29, 1.82) is 0 Å². The molecule has 1 N–H and O–H groups in total. The molecule has 0 radical (unpaired) electrons. The lowest BCUT2D eigenvalue weighted by molar-refractivity contribution is -0.123. The first-order valence-corrected chi connectivity index (χ1v) is 7.66. The number of nitrogens with one attached hydrogen (secondary N) is 1. The van der Waals surface area contributed by atoms with Gasteiger partial charge in [0.1, 0.15) is 5.82 Å². The quantitative estimate of drug-likeness (QED) is 0.936. The van der Waals surface area contributed by atoms with Gasteiger partial charge in [-0.2, -0.15) is 0 Å². The molecule has 0 bridgehead atoms. The predicted molar refractivity (Wildman–Crippen MR) is 79.8 cm³/mol. The lowest BCUT2D eigenvalue weighted by Gasteiger charge is -2.24. The zero-order valence-electron chi connectivity index (χ0n) is 11.9. The van der Waals surface area contributed by atoms with Gasteiger partial charge in [0.2, 0.25) is 5.91 Å². The summed E-state index contributed by atoms with van der Waals surface area (Å²) in [5, 5.41) is 3.22. The van der Waals surface area contributed by atoms with Crippen molar-refractivity contribution in [3.8, 4) is 0 Å². The number of imidazole rings is 1. The molecule has 0 spiro atoms. The Morgan fingerprint density at radius 1 is 1.29 bits per heavy atom. The maximum Gasteiger partial charge on any atom is 0.224 e. The van der Waals surface area contributed by atoms with E-state index in [1.165, 1.54) is 5.56 Å². The van der Waals surface area contributed by atoms with Crippen molar-refractivity contribution >= 4 is 5.91 Å². The van der Waals surface area contributed by atoms with E-state index in [4.69, 9.17) is 0 Å². The van der Waals surface area contributed by atoms with Gasteiger partial charge in [-0.15, -0.1) is 0 Å². The number of amides is 1. The first-order valence-electron chi connectivity index (χ1n) is 7.66. The van der Waals surface area contributed by atoms with Crippen molar-refractivity contribution in [1.82, 2.24) is 14.9 Å². The van der Waals surface area contributed by atoms with Gasteiger partial charge in [0.15, 0.2) is 0 Å². The van der Waals surface area contributed by atoms with E-state index in [0.717, 1.165) is 31.6 Å². The van der Waals surface area contributed by atoms with Crippen LogP contribution in [0.3, 0.4) is 0 Å². The van der Waals surface area contributed by atoms with Gasteiger partial charge < -0.3 is 9.88 Å². The third-order valence-corrected chi connectivity index (χ3v) is 4.64. The highest BCUT2D eigenvalue weighted by Gasteiger charge is 2.44. The lowest BCUT2D eigenvalue weighted by Crippen LogP contribution is -2.41. The second-order valence-electron chi connectivity index (χ2n) is 6.10. The summed E-state index contributed by atoms with van der Waals surface area (Å²) in [4.78, 5) is 16.7. The van der Waals surface area contributed by atoms with Crippen LogP contribution in [0.5, 0.6) is 0 Å². The number of aryl methyl sites for hydroxylation is 1. The Hall–Kier alpha value is -2.10. The third-order valence-electron chi connectivity index (χ3n) is 4.64. The number of rotatable bonds is 3. The Kier molecular flexibility index (Phi) is 3.02. The van der Waals surface area contributed by atoms with Crippen molar-refractivity contribution in [3.63, 3.8) is 0 Å². The second-order valence-corrected chi connectivity index (χ2v) is 6.10. The largest absolute Gasteiger partial charge is 0.351 e. The van der Waals surface area contributed by atoms with Crippen LogP contribution in [0.4, 0.5) is 0 Å². The first-order chi connectivity index (χ1) is 10.3. The predicted octanol–water partition coefficient (Wildman–Crippen LogP) is 2.12. The molecule has 0 unspecified atom stereocenters. The molecule has 1 aliphatic heterocycles. The Morgan fingerprint density at radius 2 is 2.14 bits per heavy atom. The molecule has 4 rings (SSSR count). The van der Waals surface area contributed by atoms with E-state index >= 15 is 0 Å². The molecule has 2 heterocycles. The van der Waals surface area contributed by atoms with Crippen LogP contribution >= 0.6 is 0 Å². The van der Waals surface area contributed by atoms with Gasteiger partial charge >= 0.3 is 0 Å². The molecule has 1 aromatic carbocycles. The standard InChI is InChI=1S/C17H19N3O/c21-17(15-10-14(15)12-4-2-1-3-5-12)19-13-6-7-16-18-8-9-20(16)11-13/h1-5,8-9,13-15H,6-7,10-11H2,(H,19,21)/t13-,14-,15-/m1/s1. The van der Waals surface area contributed by atoms with Gasteiger partial charge in [-0.05, 0) is 24.3 Å². The number of hydrogen-bond donors (Lipinski definition) is 1. The number of nitrogens with zero attached hydrogens (tertiary/aromatic N) is 2. The van der Waals surface area contributed by atoms with Crippen molar-refractivity contribution in [2.24, 2.45) is 5.92 Å². The SMILES string of the molecule is O=C(N[C@@H]1CCc2nccn2C1)[C@@H]1C[C@@H]1c1ccccc1. The summed E-state index contributed by atoms with van der Waals surface area (Å²) in [5.74, 6) is 1.93. The average molecular weight is 281 g/mol. The minimum Gasteiger partial charge on any atom is -0.351 e. The highest BCUT2D eigenvalue weighted by molar-refractivity contribution is 5.83. The van der Waals surface area contributed by atoms with E-state index in [1.807, 2.05) is 30.6 Å². The molecule has 21 heavy (non-hydrogen) atoms. The van der Waals surface area contributed by atoms with E-state index in [9.17, 15) is 4.79 Å². The third kappa shape index (κ3) is 2.46. The van der Waals surface area contributed by atoms with Crippen molar-refractivity contribution in [2.45, 2.75) is 37.8 Å². The molecular formula is C17H19N3O. The van der Waals surface area contributed by atoms with E-state index in [1.54, 1.807) is 0 Å². The van der Waals surface area contributed by atoms with Crippen LogP contribution in [0.1, 0.15) is 30.1 Å². The minimum atomic E-state index is 0.164. The van der Waals surface area contributed by atoms with Crippen molar-refractivity contribution in [3.05, 3.63) is 54.1 Å². The minimum absolute atomic E-state index is 0.164. The second kappa shape index (κ2) is 5.02. The summed E-state index contributed by atoms with van der Waals surface area (Å²) >= 11 is 0. The Labute approximate surface area is 124 Å². The zero-order valence-corrected chi connectivity index (χ0v) is 11.9. The van der Waals surface area contributed by atoms with Gasteiger partial charge in [0.25, 0.3) is 0 Å². The van der Waals surface area contributed by atoms with Crippen LogP contribution in [-0.4, -0.2) is 21.5 Å². The van der Waals surface area contributed by atoms with Crippen LogP contribution in [0, 0.1) is 5.92 Å². The van der Waals surface area contributed by atoms with Crippen LogP contribution in [0.25, 0.3) is 0 Å². The summed E-state index contributed by atoms with van der Waals surface area (Å²) in [6, 6.07) is 10.6. The van der Waals surface area contributed by atoms with E-state index < -0.39 is 0 Å². The topological polar surface area (TPSA) is 46.9 Å². The van der Waals surface area contributed by atoms with Crippen molar-refractivity contribution < 1.29 is 4.79 Å². The van der Waals surface area contributed by atoms with Gasteiger partial charge in [-0.25, -0.2) is 4.98 Å². The molecule has 4 heteroatoms. The maximum absolute atomic E-state index is 12.4. The molecule has 1 amide bonds. The Bertz CT molecular complexity index is 649. The number of carbonyl (C=O) groups is 1. The molecule has 108 valence electrons. The summed E-state index contributed by atoms with van der Waals surface area (Å²) in [5.41, 5.74) is 1.29. The molecule has 3 atom stereocenters. The van der Waals surface area contributed by atoms with Crippen molar-refractivity contribution in [2.75, 3.05) is 0 Å². The molecular weight excluding hydrogens is 262 g/mol. The molecule has 1 aromatic heterocycles. The number of benzene rings is 1. The highest BCUT2D eigenvalue weighted by atomic mass is 16.2. The highest BCUT2D eigenvalue weighted by Crippen LogP contribution is 2.47. The summed E-state index contributed by atoms with van der Waals surface area (Å²) in [7, 11) is 0. The van der Waals surface area contributed by atoms with E-state index in [0.29, 0.717) is 5.92 Å². The molecule has 1 saturated carbocycles.